The molecule has 2 atom stereocenters. The largest absolute Gasteiger partial charge is 0.508 e. The summed E-state index contributed by atoms with van der Waals surface area (Å²) in [4.78, 5) is 0. The first kappa shape index (κ1) is 17.3. The summed E-state index contributed by atoms with van der Waals surface area (Å²) in [6.45, 7) is 4.39. The van der Waals surface area contributed by atoms with Crippen LogP contribution in [0.4, 0.5) is 0 Å². The van der Waals surface area contributed by atoms with Gasteiger partial charge in [0.2, 0.25) is 0 Å². The number of nitrogens with one attached hydrogen (secondary N) is 1. The second kappa shape index (κ2) is 7.99. The third-order valence-corrected chi connectivity index (χ3v) is 3.97. The van der Waals surface area contributed by atoms with E-state index in [4.69, 9.17) is 4.74 Å². The van der Waals surface area contributed by atoms with Crippen LogP contribution < -0.4 is 10.1 Å². The van der Waals surface area contributed by atoms with E-state index in [-0.39, 0.29) is 11.8 Å². The molecule has 0 aliphatic carbocycles. The Morgan fingerprint density at radius 3 is 2.43 bits per heavy atom. The fourth-order valence-electron chi connectivity index (χ4n) is 2.50. The number of methoxy groups -OCH3 is 1. The molecule has 0 aliphatic heterocycles. The summed E-state index contributed by atoms with van der Waals surface area (Å²) in [5.41, 5.74) is 2.80. The molecule has 2 aromatic carbocycles. The molecule has 23 heavy (non-hydrogen) atoms. The molecule has 4 heteroatoms. The molecule has 3 N–H and O–H groups in total. The van der Waals surface area contributed by atoms with Crippen LogP contribution in [0.15, 0.2) is 42.5 Å². The Morgan fingerprint density at radius 2 is 1.83 bits per heavy atom. The number of ether oxygens (including phenoxy) is 1. The highest BCUT2D eigenvalue weighted by Gasteiger charge is 2.11. The van der Waals surface area contributed by atoms with Crippen LogP contribution in [0.3, 0.4) is 0 Å². The van der Waals surface area contributed by atoms with E-state index in [2.05, 4.69) is 24.4 Å². The SMILES string of the molecule is COc1ccc(CC(C)NCC(O)c2ccc(O)c(C)c2)cc1. The summed E-state index contributed by atoms with van der Waals surface area (Å²) >= 11 is 0. The van der Waals surface area contributed by atoms with Crippen molar-refractivity contribution in [2.75, 3.05) is 13.7 Å². The molecule has 0 fully saturated rings. The monoisotopic (exact) mass is 315 g/mol. The Bertz CT molecular complexity index is 625. The van der Waals surface area contributed by atoms with Gasteiger partial charge in [-0.1, -0.05) is 18.2 Å². The highest BCUT2D eigenvalue weighted by molar-refractivity contribution is 5.36. The Hall–Kier alpha value is -2.04. The lowest BCUT2D eigenvalue weighted by Gasteiger charge is -2.18. The zero-order valence-electron chi connectivity index (χ0n) is 13.9. The highest BCUT2D eigenvalue weighted by atomic mass is 16.5. The van der Waals surface area contributed by atoms with Crippen molar-refractivity contribution in [3.63, 3.8) is 0 Å². The van der Waals surface area contributed by atoms with Crippen molar-refractivity contribution in [1.82, 2.24) is 5.32 Å². The average molecular weight is 315 g/mol. The first-order valence-corrected chi connectivity index (χ1v) is 7.83. The van der Waals surface area contributed by atoms with Gasteiger partial charge in [-0.3, -0.25) is 0 Å². The van der Waals surface area contributed by atoms with Gasteiger partial charge in [0.25, 0.3) is 0 Å². The lowest BCUT2D eigenvalue weighted by atomic mass is 10.0. The van der Waals surface area contributed by atoms with Gasteiger partial charge in [0, 0.05) is 12.6 Å². The summed E-state index contributed by atoms with van der Waals surface area (Å²) < 4.78 is 5.15. The quantitative estimate of drug-likeness (QED) is 0.735. The summed E-state index contributed by atoms with van der Waals surface area (Å²) in [5.74, 6) is 1.11. The van der Waals surface area contributed by atoms with Crippen LogP contribution in [0.2, 0.25) is 0 Å². The minimum atomic E-state index is -0.590. The zero-order chi connectivity index (χ0) is 16.8. The van der Waals surface area contributed by atoms with Gasteiger partial charge in [-0.05, 0) is 61.2 Å². The molecular formula is C19H25NO3. The van der Waals surface area contributed by atoms with Crippen LogP contribution in [-0.2, 0) is 6.42 Å². The fraction of sp³-hybridized carbons (Fsp3) is 0.368. The molecule has 0 saturated carbocycles. The Morgan fingerprint density at radius 1 is 1.13 bits per heavy atom. The van der Waals surface area contributed by atoms with Gasteiger partial charge in [-0.2, -0.15) is 0 Å². The molecule has 0 amide bonds. The lowest BCUT2D eigenvalue weighted by molar-refractivity contribution is 0.170. The van der Waals surface area contributed by atoms with Gasteiger partial charge < -0.3 is 20.3 Å². The molecule has 0 bridgehead atoms. The number of aromatic hydroxyl groups is 1. The summed E-state index contributed by atoms with van der Waals surface area (Å²) in [5, 5.41) is 23.1. The maximum absolute atomic E-state index is 10.3. The summed E-state index contributed by atoms with van der Waals surface area (Å²) in [7, 11) is 1.66. The number of phenols is 1. The van der Waals surface area contributed by atoms with Crippen LogP contribution in [0.5, 0.6) is 11.5 Å². The minimum Gasteiger partial charge on any atom is -0.508 e. The number of benzene rings is 2. The second-order valence-electron chi connectivity index (χ2n) is 5.92. The molecule has 2 rings (SSSR count). The number of hydrogen-bond acceptors (Lipinski definition) is 4. The van der Waals surface area contributed by atoms with E-state index in [0.717, 1.165) is 23.3 Å². The third kappa shape index (κ3) is 4.98. The third-order valence-electron chi connectivity index (χ3n) is 3.97. The zero-order valence-corrected chi connectivity index (χ0v) is 13.9. The average Bonchev–Trinajstić information content (AvgIpc) is 2.56. The van der Waals surface area contributed by atoms with E-state index >= 15 is 0 Å². The van der Waals surface area contributed by atoms with E-state index in [0.29, 0.717) is 6.54 Å². The van der Waals surface area contributed by atoms with Gasteiger partial charge in [0.1, 0.15) is 11.5 Å². The molecule has 0 heterocycles. The number of phenolic OH excluding ortho intramolecular Hbond substituents is 1. The Balaban J connectivity index is 1.85. The lowest BCUT2D eigenvalue weighted by Crippen LogP contribution is -2.32. The number of aryl methyl sites for hydroxylation is 1. The van der Waals surface area contributed by atoms with Crippen LogP contribution >= 0.6 is 0 Å². The number of aliphatic hydroxyl groups excluding tert-OH is 1. The van der Waals surface area contributed by atoms with Crippen molar-refractivity contribution < 1.29 is 14.9 Å². The highest BCUT2D eigenvalue weighted by Crippen LogP contribution is 2.21. The van der Waals surface area contributed by atoms with E-state index in [9.17, 15) is 10.2 Å². The minimum absolute atomic E-state index is 0.247. The van der Waals surface area contributed by atoms with Crippen LogP contribution in [0.25, 0.3) is 0 Å². The second-order valence-corrected chi connectivity index (χ2v) is 5.92. The van der Waals surface area contributed by atoms with Crippen molar-refractivity contribution in [3.8, 4) is 11.5 Å². The maximum atomic E-state index is 10.3. The molecule has 124 valence electrons. The van der Waals surface area contributed by atoms with Crippen molar-refractivity contribution in [2.45, 2.75) is 32.4 Å². The molecule has 2 unspecified atom stereocenters. The van der Waals surface area contributed by atoms with E-state index in [1.807, 2.05) is 25.1 Å². The summed E-state index contributed by atoms with van der Waals surface area (Å²) in [6.07, 6.45) is 0.290. The van der Waals surface area contributed by atoms with Gasteiger partial charge in [0.15, 0.2) is 0 Å². The van der Waals surface area contributed by atoms with Crippen molar-refractivity contribution in [1.29, 1.82) is 0 Å². The van der Waals surface area contributed by atoms with E-state index in [1.54, 1.807) is 19.2 Å². The normalized spacial score (nSPS) is 13.6. The number of aliphatic hydroxyl groups is 1. The smallest absolute Gasteiger partial charge is 0.118 e. The van der Waals surface area contributed by atoms with Crippen molar-refractivity contribution >= 4 is 0 Å². The first-order valence-electron chi connectivity index (χ1n) is 7.83. The van der Waals surface area contributed by atoms with E-state index < -0.39 is 6.10 Å². The number of rotatable bonds is 7. The van der Waals surface area contributed by atoms with Crippen LogP contribution in [0.1, 0.15) is 29.7 Å². The molecule has 0 aromatic heterocycles. The fourth-order valence-corrected chi connectivity index (χ4v) is 2.50. The molecular weight excluding hydrogens is 290 g/mol. The topological polar surface area (TPSA) is 61.7 Å². The standard InChI is InChI=1S/C19H25NO3/c1-13-10-16(6-9-18(13)21)19(22)12-20-14(2)11-15-4-7-17(23-3)8-5-15/h4-10,14,19-22H,11-12H2,1-3H3. The molecule has 4 nitrogen and oxygen atoms in total. The van der Waals surface area contributed by atoms with Crippen molar-refractivity contribution in [2.24, 2.45) is 0 Å². The predicted octanol–water partition coefficient (Wildman–Crippen LogP) is 2.96. The Kier molecular flexibility index (Phi) is 6.02. The summed E-state index contributed by atoms with van der Waals surface area (Å²) in [6, 6.07) is 13.4. The van der Waals surface area contributed by atoms with Gasteiger partial charge >= 0.3 is 0 Å². The van der Waals surface area contributed by atoms with Crippen LogP contribution in [0, 0.1) is 6.92 Å². The molecule has 0 aliphatic rings. The van der Waals surface area contributed by atoms with E-state index in [1.165, 1.54) is 5.56 Å². The molecule has 0 spiro atoms. The van der Waals surface area contributed by atoms with Crippen molar-refractivity contribution in [3.05, 3.63) is 59.2 Å². The first-order chi connectivity index (χ1) is 11.0. The molecule has 0 radical (unpaired) electrons. The predicted molar refractivity (Wildman–Crippen MR) is 92.0 cm³/mol. The molecule has 0 saturated heterocycles. The van der Waals surface area contributed by atoms with Gasteiger partial charge in [-0.15, -0.1) is 0 Å². The number of hydrogen-bond donors (Lipinski definition) is 3. The van der Waals surface area contributed by atoms with Gasteiger partial charge in [-0.25, -0.2) is 0 Å². The molecule has 2 aromatic rings. The van der Waals surface area contributed by atoms with Crippen LogP contribution in [-0.4, -0.2) is 29.9 Å². The maximum Gasteiger partial charge on any atom is 0.118 e. The Labute approximate surface area is 137 Å². The van der Waals surface area contributed by atoms with Gasteiger partial charge in [0.05, 0.1) is 13.2 Å².